The zero-order chi connectivity index (χ0) is 34.1. The third-order valence-electron chi connectivity index (χ3n) is 11.2. The Morgan fingerprint density at radius 2 is 1.49 bits per heavy atom. The summed E-state index contributed by atoms with van der Waals surface area (Å²) in [5.74, 6) is 3.55. The van der Waals surface area contributed by atoms with Crippen LogP contribution >= 0.6 is 0 Å². The number of aliphatic hydroxyl groups is 2. The van der Waals surface area contributed by atoms with Gasteiger partial charge in [-0.05, 0) is 118 Å². The topological polar surface area (TPSA) is 102 Å². The molecule has 0 spiro atoms. The number of aryl methyl sites for hydroxylation is 2. The molecule has 0 radical (unpaired) electrons. The van der Waals surface area contributed by atoms with Crippen molar-refractivity contribution >= 4 is 12.4 Å². The molecule has 3 rings (SSSR count). The Labute approximate surface area is 284 Å². The summed E-state index contributed by atoms with van der Waals surface area (Å²) in [6, 6.07) is 4.58. The number of unbranched alkanes of at least 4 members (excludes halogenated alkanes) is 2. The first kappa shape index (κ1) is 39.1. The molecule has 0 amide bonds. The van der Waals surface area contributed by atoms with Crippen LogP contribution in [-0.4, -0.2) is 55.7 Å². The van der Waals surface area contributed by atoms with Crippen LogP contribution in [0.5, 0.6) is 5.75 Å². The highest BCUT2D eigenvalue weighted by atomic mass is 16.5. The molecule has 266 valence electrons. The van der Waals surface area contributed by atoms with Crippen molar-refractivity contribution in [3.8, 4) is 5.75 Å². The summed E-state index contributed by atoms with van der Waals surface area (Å²) in [4.78, 5) is 22.8. The van der Waals surface area contributed by atoms with E-state index in [-0.39, 0.29) is 32.4 Å². The van der Waals surface area contributed by atoms with Gasteiger partial charge in [0.25, 0.3) is 6.47 Å². The Morgan fingerprint density at radius 3 is 2.02 bits per heavy atom. The number of ether oxygens (including phenoxy) is 3. The van der Waals surface area contributed by atoms with Crippen LogP contribution in [0.1, 0.15) is 140 Å². The maximum Gasteiger partial charge on any atom is 0.333 e. The van der Waals surface area contributed by atoms with Crippen molar-refractivity contribution in [2.24, 2.45) is 23.2 Å². The lowest BCUT2D eigenvalue weighted by atomic mass is 9.67. The Bertz CT molecular complexity index is 1070. The fourth-order valence-corrected chi connectivity index (χ4v) is 7.77. The van der Waals surface area contributed by atoms with Crippen molar-refractivity contribution in [3.05, 3.63) is 41.0 Å². The van der Waals surface area contributed by atoms with Gasteiger partial charge in [0.1, 0.15) is 5.75 Å². The van der Waals surface area contributed by atoms with Crippen LogP contribution in [0.4, 0.5) is 0 Å². The summed E-state index contributed by atoms with van der Waals surface area (Å²) in [5, 5.41) is 20.2. The van der Waals surface area contributed by atoms with E-state index in [1.54, 1.807) is 6.92 Å². The Morgan fingerprint density at radius 1 is 0.894 bits per heavy atom. The maximum atomic E-state index is 12.0. The van der Waals surface area contributed by atoms with Crippen LogP contribution in [-0.2, 0) is 31.9 Å². The van der Waals surface area contributed by atoms with Gasteiger partial charge in [0, 0.05) is 5.57 Å². The molecule has 1 aromatic carbocycles. The van der Waals surface area contributed by atoms with Crippen molar-refractivity contribution in [1.82, 2.24) is 0 Å². The maximum absolute atomic E-state index is 12.0. The van der Waals surface area contributed by atoms with Gasteiger partial charge in [0.15, 0.2) is 0 Å². The molecule has 0 saturated heterocycles. The zero-order valence-corrected chi connectivity index (χ0v) is 29.7. The Kier molecular flexibility index (Phi) is 17.3. The number of hydrogen-bond acceptors (Lipinski definition) is 7. The minimum absolute atomic E-state index is 0.170. The fraction of sp³-hybridized carbons (Fsp3) is 0.750. The van der Waals surface area contributed by atoms with Crippen molar-refractivity contribution in [1.29, 1.82) is 0 Å². The van der Waals surface area contributed by atoms with Crippen molar-refractivity contribution in [3.63, 3.8) is 0 Å². The Balaban J connectivity index is 1.77. The average molecular weight is 657 g/mol. The molecule has 47 heavy (non-hydrogen) atoms. The number of carbonyl (C=O) groups excluding carboxylic acids is 2. The van der Waals surface area contributed by atoms with Gasteiger partial charge in [0.2, 0.25) is 0 Å². The summed E-state index contributed by atoms with van der Waals surface area (Å²) >= 11 is 0. The van der Waals surface area contributed by atoms with Crippen molar-refractivity contribution in [2.45, 2.75) is 136 Å². The zero-order valence-electron chi connectivity index (χ0n) is 29.7. The lowest BCUT2D eigenvalue weighted by molar-refractivity contribution is -0.139. The van der Waals surface area contributed by atoms with Crippen LogP contribution in [0, 0.1) is 23.2 Å². The van der Waals surface area contributed by atoms with Crippen LogP contribution in [0.15, 0.2) is 24.3 Å². The second kappa shape index (κ2) is 20.9. The van der Waals surface area contributed by atoms with Crippen molar-refractivity contribution in [2.75, 3.05) is 33.0 Å². The minimum atomic E-state index is -0.738. The fourth-order valence-electron chi connectivity index (χ4n) is 7.77. The highest BCUT2D eigenvalue weighted by Gasteiger charge is 2.32. The normalized spacial score (nSPS) is 21.6. The second-order valence-electron chi connectivity index (χ2n) is 14.6. The smallest absolute Gasteiger partial charge is 0.333 e. The third kappa shape index (κ3) is 12.2. The molecule has 2 saturated carbocycles. The molecule has 0 aliphatic heterocycles. The van der Waals surface area contributed by atoms with Gasteiger partial charge in [-0.3, -0.25) is 4.79 Å². The van der Waals surface area contributed by atoms with E-state index in [2.05, 4.69) is 25.6 Å². The van der Waals surface area contributed by atoms with Gasteiger partial charge in [-0.25, -0.2) is 4.79 Å². The van der Waals surface area contributed by atoms with Crippen LogP contribution < -0.4 is 4.74 Å². The molecule has 7 nitrogen and oxygen atoms in total. The summed E-state index contributed by atoms with van der Waals surface area (Å²) in [7, 11) is 0. The molecular weight excluding hydrogens is 592 g/mol. The summed E-state index contributed by atoms with van der Waals surface area (Å²) in [6.45, 7) is 10.5. The first-order chi connectivity index (χ1) is 22.8. The molecule has 7 heteroatoms. The molecule has 2 aliphatic carbocycles. The molecule has 0 aromatic heterocycles. The standard InChI is InChI=1S/C40H64O7/c1-5-7-8-11-31-14-16-32(17-15-31)33-18-20-34(21-19-33)37-24-35(12-9-22-45-29-43)38(47-28-40(6-2,26-41)27-42)36(25-37)13-10-23-46-39(44)30(3)4/h24-25,29,31-34,41-42H,3,5-23,26-28H2,1-2,4H3. The first-order valence-electron chi connectivity index (χ1n) is 18.7. The molecule has 0 bridgehead atoms. The molecule has 2 N–H and O–H groups in total. The predicted octanol–water partition coefficient (Wildman–Crippen LogP) is 8.26. The Hall–Kier alpha value is -2.38. The van der Waals surface area contributed by atoms with Gasteiger partial charge in [-0.2, -0.15) is 0 Å². The quantitative estimate of drug-likeness (QED) is 0.0561. The van der Waals surface area contributed by atoms with Gasteiger partial charge < -0.3 is 24.4 Å². The van der Waals surface area contributed by atoms with E-state index in [4.69, 9.17) is 14.2 Å². The van der Waals surface area contributed by atoms with E-state index in [1.165, 1.54) is 82.6 Å². The summed E-state index contributed by atoms with van der Waals surface area (Å²) in [5.41, 5.74) is 3.11. The molecule has 1 aromatic rings. The van der Waals surface area contributed by atoms with E-state index in [0.29, 0.717) is 56.7 Å². The third-order valence-corrected chi connectivity index (χ3v) is 11.2. The van der Waals surface area contributed by atoms with E-state index >= 15 is 0 Å². The van der Waals surface area contributed by atoms with Gasteiger partial charge in [0.05, 0.1) is 38.4 Å². The molecule has 2 aliphatic rings. The highest BCUT2D eigenvalue weighted by molar-refractivity contribution is 5.86. The number of esters is 1. The number of hydrogen-bond donors (Lipinski definition) is 2. The SMILES string of the molecule is C=C(C)C(=O)OCCCc1cc(C2CCC(C3CCC(CCCCC)CC3)CC2)cc(CCCOC=O)c1OCC(CC)(CO)CO. The average Bonchev–Trinajstić information content (AvgIpc) is 3.10. The van der Waals surface area contributed by atoms with E-state index in [1.807, 2.05) is 6.92 Å². The van der Waals surface area contributed by atoms with Gasteiger partial charge >= 0.3 is 5.97 Å². The lowest BCUT2D eigenvalue weighted by Gasteiger charge is -2.38. The molecular formula is C40H64O7. The lowest BCUT2D eigenvalue weighted by Crippen LogP contribution is -2.36. The van der Waals surface area contributed by atoms with Crippen LogP contribution in [0.2, 0.25) is 0 Å². The van der Waals surface area contributed by atoms with Gasteiger partial charge in [-0.15, -0.1) is 0 Å². The summed E-state index contributed by atoms with van der Waals surface area (Å²) in [6.07, 6.45) is 19.4. The predicted molar refractivity (Wildman–Crippen MR) is 188 cm³/mol. The van der Waals surface area contributed by atoms with Crippen LogP contribution in [0.25, 0.3) is 0 Å². The number of rotatable bonds is 22. The largest absolute Gasteiger partial charge is 0.492 e. The monoisotopic (exact) mass is 656 g/mol. The van der Waals surface area contributed by atoms with Gasteiger partial charge in [-0.1, -0.05) is 71.1 Å². The van der Waals surface area contributed by atoms with Crippen molar-refractivity contribution < 1.29 is 34.0 Å². The molecule has 0 heterocycles. The van der Waals surface area contributed by atoms with E-state index in [9.17, 15) is 19.8 Å². The second-order valence-corrected chi connectivity index (χ2v) is 14.6. The van der Waals surface area contributed by atoms with E-state index < -0.39 is 5.41 Å². The number of carbonyl (C=O) groups is 2. The highest BCUT2D eigenvalue weighted by Crippen LogP contribution is 2.45. The molecule has 0 unspecified atom stereocenters. The minimum Gasteiger partial charge on any atom is -0.492 e. The summed E-state index contributed by atoms with van der Waals surface area (Å²) < 4.78 is 16.9. The molecule has 0 atom stereocenters. The number of aliphatic hydroxyl groups excluding tert-OH is 2. The molecule has 2 fully saturated rings. The van der Waals surface area contributed by atoms with E-state index in [0.717, 1.165) is 34.6 Å². The first-order valence-corrected chi connectivity index (χ1v) is 18.7. The van der Waals surface area contributed by atoms with Crippen LogP contribution in [0.3, 0.4) is 0 Å². The number of benzene rings is 1.